The third kappa shape index (κ3) is 4.93. The van der Waals surface area contributed by atoms with Crippen LogP contribution in [-0.4, -0.2) is 16.8 Å². The van der Waals surface area contributed by atoms with Crippen LogP contribution in [0.4, 0.5) is 8.22 Å². The maximum absolute atomic E-state index is 15.9. The Balaban J connectivity index is 5.11. The summed E-state index contributed by atoms with van der Waals surface area (Å²) in [4.78, 5) is 0. The van der Waals surface area contributed by atoms with Crippen LogP contribution in [0.5, 0.6) is 0 Å². The van der Waals surface area contributed by atoms with Gasteiger partial charge < -0.3 is 8.22 Å². The Bertz CT molecular complexity index is 335. The number of halogens is 2. The number of rotatable bonds is 5. The molecule has 0 spiro atoms. The minimum Gasteiger partial charge on any atom is -0.313 e. The van der Waals surface area contributed by atoms with Gasteiger partial charge in [-0.25, -0.2) is 0 Å². The Kier molecular flexibility index (Phi) is 7.22. The van der Waals surface area contributed by atoms with Crippen LogP contribution in [0.25, 0.3) is 0 Å². The third-order valence-corrected chi connectivity index (χ3v) is 17.6. The van der Waals surface area contributed by atoms with Gasteiger partial charge in [0.2, 0.25) is 0 Å². The summed E-state index contributed by atoms with van der Waals surface area (Å²) in [5.41, 5.74) is 0. The molecule has 0 saturated heterocycles. The van der Waals surface area contributed by atoms with Crippen molar-refractivity contribution < 1.29 is 8.22 Å². The highest BCUT2D eigenvalue weighted by atomic mass is 28.4. The molecule has 0 aromatic heterocycles. The van der Waals surface area contributed by atoms with Crippen molar-refractivity contribution in [2.45, 2.75) is 128 Å². The van der Waals surface area contributed by atoms with Gasteiger partial charge in [0.15, 0.2) is 0 Å². The number of unbranched alkanes of at least 4 members (excludes halogenated alkanes) is 1. The van der Waals surface area contributed by atoms with Crippen molar-refractivity contribution in [2.75, 3.05) is 0 Å². The Labute approximate surface area is 153 Å². The lowest BCUT2D eigenvalue weighted by molar-refractivity contribution is 0.492. The molecule has 0 saturated carbocycles. The van der Waals surface area contributed by atoms with Crippen LogP contribution < -0.4 is 0 Å². The quantitative estimate of drug-likeness (QED) is 0.255. The first-order chi connectivity index (χ1) is 10.2. The van der Waals surface area contributed by atoms with E-state index >= 15 is 8.22 Å². The molecule has 0 aromatic rings. The minimum absolute atomic E-state index is 0.274. The van der Waals surface area contributed by atoms with Crippen LogP contribution in [0.2, 0.25) is 32.2 Å². The lowest BCUT2D eigenvalue weighted by Crippen LogP contribution is -2.48. The molecular formula is C20H44F2Si2. The Morgan fingerprint density at radius 2 is 0.625 bits per heavy atom. The third-order valence-electron chi connectivity index (χ3n) is 6.05. The minimum atomic E-state index is -2.95. The summed E-state index contributed by atoms with van der Waals surface area (Å²) >= 11 is 0. The summed E-state index contributed by atoms with van der Waals surface area (Å²) < 4.78 is 31.9. The van der Waals surface area contributed by atoms with Crippen LogP contribution in [-0.2, 0) is 0 Å². The van der Waals surface area contributed by atoms with E-state index in [1.807, 2.05) is 83.1 Å². The van der Waals surface area contributed by atoms with E-state index in [1.165, 1.54) is 0 Å². The summed E-state index contributed by atoms with van der Waals surface area (Å²) in [6, 6.07) is 1.30. The van der Waals surface area contributed by atoms with E-state index in [1.54, 1.807) is 0 Å². The number of hydrogen-bond acceptors (Lipinski definition) is 0. The molecule has 0 aliphatic carbocycles. The lowest BCUT2D eigenvalue weighted by Gasteiger charge is -2.46. The molecule has 0 amide bonds. The van der Waals surface area contributed by atoms with Gasteiger partial charge in [0.05, 0.1) is 0 Å². The van der Waals surface area contributed by atoms with Gasteiger partial charge in [-0.05, 0) is 32.2 Å². The largest absolute Gasteiger partial charge is 0.313 e. The average molecular weight is 379 g/mol. The first-order valence-corrected chi connectivity index (χ1v) is 13.8. The molecule has 146 valence electrons. The molecular weight excluding hydrogens is 334 g/mol. The van der Waals surface area contributed by atoms with Gasteiger partial charge in [0, 0.05) is 0 Å². The summed E-state index contributed by atoms with van der Waals surface area (Å²) in [6.45, 7) is 24.5. The van der Waals surface area contributed by atoms with Crippen molar-refractivity contribution in [3.63, 3.8) is 0 Å². The summed E-state index contributed by atoms with van der Waals surface area (Å²) in [6.07, 6.45) is 1.64. The smallest absolute Gasteiger partial charge is 0.257 e. The monoisotopic (exact) mass is 378 g/mol. The Morgan fingerprint density at radius 1 is 0.458 bits per heavy atom. The van der Waals surface area contributed by atoms with Crippen LogP contribution >= 0.6 is 0 Å². The van der Waals surface area contributed by atoms with Crippen LogP contribution in [0.3, 0.4) is 0 Å². The Morgan fingerprint density at radius 3 is 0.750 bits per heavy atom. The Hall–Kier alpha value is 0.294. The molecule has 4 heteroatoms. The predicted octanol–water partition coefficient (Wildman–Crippen LogP) is 8.80. The fourth-order valence-electron chi connectivity index (χ4n) is 4.49. The molecule has 0 nitrogen and oxygen atoms in total. The molecule has 0 atom stereocenters. The second-order valence-corrected chi connectivity index (χ2v) is 22.0. The summed E-state index contributed by atoms with van der Waals surface area (Å²) in [5, 5.41) is -1.10. The molecule has 0 rings (SSSR count). The molecule has 0 bridgehead atoms. The van der Waals surface area contributed by atoms with Crippen molar-refractivity contribution in [2.24, 2.45) is 0 Å². The highest BCUT2D eigenvalue weighted by Crippen LogP contribution is 2.57. The molecule has 0 aromatic carbocycles. The van der Waals surface area contributed by atoms with Gasteiger partial charge in [-0.2, -0.15) is 0 Å². The molecule has 0 heterocycles. The van der Waals surface area contributed by atoms with Crippen LogP contribution in [0, 0.1) is 0 Å². The SMILES string of the molecule is CC(C)(C)[Si](F)(CCCC[Si](F)(C(C)(C)C)C(C)(C)C)C(C)(C)C. The van der Waals surface area contributed by atoms with Gasteiger partial charge in [0.1, 0.15) is 0 Å². The molecule has 0 fully saturated rings. The van der Waals surface area contributed by atoms with E-state index < -0.39 is 16.8 Å². The van der Waals surface area contributed by atoms with Crippen molar-refractivity contribution in [3.8, 4) is 0 Å². The molecule has 0 aliphatic rings. The fourth-order valence-corrected chi connectivity index (χ4v) is 13.5. The van der Waals surface area contributed by atoms with Crippen molar-refractivity contribution >= 4 is 16.8 Å². The van der Waals surface area contributed by atoms with E-state index in [0.717, 1.165) is 12.8 Å². The lowest BCUT2D eigenvalue weighted by atomic mass is 10.2. The zero-order valence-corrected chi connectivity index (χ0v) is 20.6. The van der Waals surface area contributed by atoms with Gasteiger partial charge in [-0.15, -0.1) is 0 Å². The second kappa shape index (κ2) is 7.13. The first kappa shape index (κ1) is 24.3. The molecule has 0 unspecified atom stereocenters. The molecule has 0 aliphatic heterocycles. The highest BCUT2D eigenvalue weighted by molar-refractivity contribution is 6.79. The summed E-state index contributed by atoms with van der Waals surface area (Å²) in [5.74, 6) is 0. The van der Waals surface area contributed by atoms with E-state index in [0.29, 0.717) is 12.1 Å². The zero-order valence-electron chi connectivity index (χ0n) is 18.6. The van der Waals surface area contributed by atoms with Crippen molar-refractivity contribution in [1.29, 1.82) is 0 Å². The molecule has 0 N–H and O–H groups in total. The van der Waals surface area contributed by atoms with Gasteiger partial charge >= 0.3 is 0 Å². The topological polar surface area (TPSA) is 0 Å². The average Bonchev–Trinajstić information content (AvgIpc) is 2.28. The van der Waals surface area contributed by atoms with Crippen LogP contribution in [0.15, 0.2) is 0 Å². The van der Waals surface area contributed by atoms with Crippen LogP contribution in [0.1, 0.15) is 95.9 Å². The van der Waals surface area contributed by atoms with E-state index in [4.69, 9.17) is 0 Å². The van der Waals surface area contributed by atoms with Gasteiger partial charge in [-0.3, -0.25) is 0 Å². The predicted molar refractivity (Wildman–Crippen MR) is 111 cm³/mol. The van der Waals surface area contributed by atoms with Crippen molar-refractivity contribution in [1.82, 2.24) is 0 Å². The maximum Gasteiger partial charge on any atom is 0.257 e. The van der Waals surface area contributed by atoms with Gasteiger partial charge in [0.25, 0.3) is 16.8 Å². The van der Waals surface area contributed by atoms with E-state index in [2.05, 4.69) is 0 Å². The zero-order chi connectivity index (χ0) is 19.8. The second-order valence-electron chi connectivity index (χ2n) is 11.8. The highest BCUT2D eigenvalue weighted by Gasteiger charge is 2.56. The summed E-state index contributed by atoms with van der Waals surface area (Å²) in [7, 11) is -5.90. The molecule has 0 radical (unpaired) electrons. The van der Waals surface area contributed by atoms with Crippen molar-refractivity contribution in [3.05, 3.63) is 0 Å². The van der Waals surface area contributed by atoms with E-state index in [-0.39, 0.29) is 20.2 Å². The maximum atomic E-state index is 15.9. The number of hydrogen-bond donors (Lipinski definition) is 0. The van der Waals surface area contributed by atoms with E-state index in [9.17, 15) is 0 Å². The normalized spacial score (nSPS) is 15.8. The standard InChI is InChI=1S/C20H44F2Si2/c1-17(2,3)23(21,18(4,5)6)15-13-14-16-24(22,19(7,8)9)20(10,11)12/h13-16H2,1-12H3. The first-order valence-electron chi connectivity index (χ1n) is 9.59. The van der Waals surface area contributed by atoms with Gasteiger partial charge in [-0.1, -0.05) is 95.9 Å². The fraction of sp³-hybridized carbons (Fsp3) is 1.00. The molecule has 24 heavy (non-hydrogen) atoms.